The van der Waals surface area contributed by atoms with Crippen molar-refractivity contribution in [2.75, 3.05) is 5.32 Å². The summed E-state index contributed by atoms with van der Waals surface area (Å²) >= 11 is 1.44. The fourth-order valence-corrected chi connectivity index (χ4v) is 3.17. The van der Waals surface area contributed by atoms with Crippen LogP contribution in [0.1, 0.15) is 12.5 Å². The van der Waals surface area contributed by atoms with Crippen LogP contribution in [0.5, 0.6) is 5.75 Å². The third-order valence-corrected chi connectivity index (χ3v) is 4.58. The average Bonchev–Trinajstić information content (AvgIpc) is 3.04. The van der Waals surface area contributed by atoms with Crippen molar-refractivity contribution in [3.63, 3.8) is 0 Å². The topological polar surface area (TPSA) is 130 Å². The van der Waals surface area contributed by atoms with E-state index in [1.807, 2.05) is 24.3 Å². The molecule has 0 radical (unpaired) electrons. The van der Waals surface area contributed by atoms with E-state index in [-0.39, 0.29) is 0 Å². The van der Waals surface area contributed by atoms with Gasteiger partial charge in [-0.2, -0.15) is 5.10 Å². The number of hydrogen-bond donors (Lipinski definition) is 3. The minimum absolute atomic E-state index is 0.367. The van der Waals surface area contributed by atoms with Gasteiger partial charge in [0.1, 0.15) is 6.04 Å². The fraction of sp³-hybridized carbons (Fsp3) is 0.118. The van der Waals surface area contributed by atoms with Crippen molar-refractivity contribution >= 4 is 44.5 Å². The molecule has 10 heteroatoms. The lowest BCUT2D eigenvalue weighted by atomic mass is 10.2. The molecule has 0 fully saturated rings. The number of rotatable bonds is 6. The van der Waals surface area contributed by atoms with Crippen LogP contribution in [0, 0.1) is 10.1 Å². The lowest BCUT2D eigenvalue weighted by molar-refractivity contribution is -0.385. The summed E-state index contributed by atoms with van der Waals surface area (Å²) in [6.07, 6.45) is 1.26. The average molecular weight is 385 g/mol. The molecule has 27 heavy (non-hydrogen) atoms. The first kappa shape index (κ1) is 18.3. The van der Waals surface area contributed by atoms with Crippen molar-refractivity contribution < 1.29 is 14.8 Å². The summed E-state index contributed by atoms with van der Waals surface area (Å²) in [4.78, 5) is 26.6. The van der Waals surface area contributed by atoms with Gasteiger partial charge in [-0.3, -0.25) is 14.9 Å². The van der Waals surface area contributed by atoms with Crippen LogP contribution < -0.4 is 10.7 Å². The highest BCUT2D eigenvalue weighted by atomic mass is 32.1. The second-order valence-corrected chi connectivity index (χ2v) is 6.62. The molecule has 0 bridgehead atoms. The van der Waals surface area contributed by atoms with Crippen molar-refractivity contribution in [2.45, 2.75) is 13.0 Å². The highest BCUT2D eigenvalue weighted by molar-refractivity contribution is 7.22. The lowest BCUT2D eigenvalue weighted by Gasteiger charge is -2.10. The molecule has 0 saturated heterocycles. The molecule has 2 aromatic carbocycles. The number of hydrogen-bond acceptors (Lipinski definition) is 8. The molecule has 9 nitrogen and oxygen atoms in total. The van der Waals surface area contributed by atoms with Gasteiger partial charge in [0.15, 0.2) is 10.9 Å². The van der Waals surface area contributed by atoms with Crippen molar-refractivity contribution in [3.8, 4) is 5.75 Å². The van der Waals surface area contributed by atoms with Crippen LogP contribution >= 0.6 is 11.3 Å². The van der Waals surface area contributed by atoms with Gasteiger partial charge in [-0.05, 0) is 31.2 Å². The summed E-state index contributed by atoms with van der Waals surface area (Å²) < 4.78 is 1.01. The predicted octanol–water partition coefficient (Wildman–Crippen LogP) is 2.86. The second kappa shape index (κ2) is 7.79. The van der Waals surface area contributed by atoms with E-state index in [1.165, 1.54) is 29.7 Å². The Hall–Kier alpha value is -3.53. The first-order valence-corrected chi connectivity index (χ1v) is 8.68. The van der Waals surface area contributed by atoms with Crippen molar-refractivity contribution in [1.29, 1.82) is 0 Å². The lowest BCUT2D eigenvalue weighted by Crippen LogP contribution is -2.34. The third kappa shape index (κ3) is 4.36. The molecule has 0 unspecified atom stereocenters. The largest absolute Gasteiger partial charge is 0.502 e. The quantitative estimate of drug-likeness (QED) is 0.340. The number of benzene rings is 2. The first-order valence-electron chi connectivity index (χ1n) is 7.86. The van der Waals surface area contributed by atoms with Gasteiger partial charge in [0.05, 0.1) is 21.4 Å². The molecule has 1 amide bonds. The smallest absolute Gasteiger partial charge is 0.311 e. The number of carbonyl (C=O) groups excluding carboxylic acids is 1. The van der Waals surface area contributed by atoms with Gasteiger partial charge in [0.25, 0.3) is 5.91 Å². The summed E-state index contributed by atoms with van der Waals surface area (Å²) in [6, 6.07) is 10.9. The van der Waals surface area contributed by atoms with Gasteiger partial charge >= 0.3 is 5.69 Å². The number of thiazole rings is 1. The number of carbonyl (C=O) groups is 1. The minimum atomic E-state index is -0.699. The Morgan fingerprint density at radius 2 is 2.15 bits per heavy atom. The monoisotopic (exact) mass is 385 g/mol. The Labute approximate surface area is 157 Å². The van der Waals surface area contributed by atoms with E-state index < -0.39 is 28.3 Å². The number of nitrogens with zero attached hydrogens (tertiary/aromatic N) is 3. The van der Waals surface area contributed by atoms with E-state index in [2.05, 4.69) is 20.8 Å². The van der Waals surface area contributed by atoms with E-state index in [0.29, 0.717) is 10.7 Å². The summed E-state index contributed by atoms with van der Waals surface area (Å²) in [6.45, 7) is 1.67. The zero-order valence-electron chi connectivity index (χ0n) is 14.1. The maximum Gasteiger partial charge on any atom is 0.311 e. The van der Waals surface area contributed by atoms with Crippen molar-refractivity contribution in [1.82, 2.24) is 10.4 Å². The second-order valence-electron chi connectivity index (χ2n) is 5.59. The maximum absolute atomic E-state index is 12.1. The van der Waals surface area contributed by atoms with Gasteiger partial charge < -0.3 is 10.4 Å². The molecule has 3 N–H and O–H groups in total. The molecule has 1 atom stereocenters. The third-order valence-electron chi connectivity index (χ3n) is 3.61. The molecule has 3 aromatic rings. The molecule has 0 saturated carbocycles. The normalized spacial score (nSPS) is 12.2. The Balaban J connectivity index is 1.60. The molecular formula is C17H15N5O4S. The Kier molecular flexibility index (Phi) is 5.27. The zero-order valence-corrected chi connectivity index (χ0v) is 14.9. The predicted molar refractivity (Wildman–Crippen MR) is 103 cm³/mol. The number of aromatic nitrogens is 1. The molecule has 3 rings (SSSR count). The number of nitrogens with one attached hydrogen (secondary N) is 2. The number of phenols is 1. The number of amides is 1. The first-order chi connectivity index (χ1) is 12.9. The maximum atomic E-state index is 12.1. The van der Waals surface area contributed by atoms with Crippen LogP contribution in [0.4, 0.5) is 10.8 Å². The van der Waals surface area contributed by atoms with Gasteiger partial charge in [0, 0.05) is 11.6 Å². The molecular weight excluding hydrogens is 370 g/mol. The molecule has 0 spiro atoms. The van der Waals surface area contributed by atoms with E-state index in [9.17, 15) is 20.0 Å². The highest BCUT2D eigenvalue weighted by Gasteiger charge is 2.15. The molecule has 0 aliphatic carbocycles. The van der Waals surface area contributed by atoms with E-state index in [0.717, 1.165) is 16.3 Å². The summed E-state index contributed by atoms with van der Waals surface area (Å²) in [7, 11) is 0. The van der Waals surface area contributed by atoms with Crippen molar-refractivity contribution in [3.05, 3.63) is 58.1 Å². The van der Waals surface area contributed by atoms with Crippen LogP contribution in [0.3, 0.4) is 0 Å². The van der Waals surface area contributed by atoms with Crippen molar-refractivity contribution in [2.24, 2.45) is 5.10 Å². The number of fused-ring (bicyclic) bond motifs is 1. The minimum Gasteiger partial charge on any atom is -0.502 e. The van der Waals surface area contributed by atoms with E-state index >= 15 is 0 Å². The molecule has 0 aliphatic rings. The van der Waals surface area contributed by atoms with Gasteiger partial charge in [-0.25, -0.2) is 10.4 Å². The summed E-state index contributed by atoms with van der Waals surface area (Å²) in [5, 5.41) is 27.6. The Morgan fingerprint density at radius 1 is 1.37 bits per heavy atom. The number of para-hydroxylation sites is 1. The van der Waals surface area contributed by atoms with Gasteiger partial charge in [0.2, 0.25) is 0 Å². The van der Waals surface area contributed by atoms with Crippen LogP contribution in [-0.2, 0) is 4.79 Å². The number of aromatic hydroxyl groups is 1. The number of phenolic OH excluding ortho intramolecular Hbond substituents is 1. The molecule has 138 valence electrons. The SMILES string of the molecule is C[C@@H](Nc1nc2ccccc2s1)C(=O)N/N=C\c1ccc(O)c([N+](=O)[O-])c1. The number of hydrazone groups is 1. The Morgan fingerprint density at radius 3 is 2.89 bits per heavy atom. The molecule has 1 heterocycles. The number of anilines is 1. The highest BCUT2D eigenvalue weighted by Crippen LogP contribution is 2.26. The van der Waals surface area contributed by atoms with Gasteiger partial charge in [-0.1, -0.05) is 23.5 Å². The van der Waals surface area contributed by atoms with Gasteiger partial charge in [-0.15, -0.1) is 0 Å². The number of nitro groups is 1. The number of nitro benzene ring substituents is 1. The van der Waals surface area contributed by atoms with Crippen LogP contribution in [-0.4, -0.2) is 33.2 Å². The summed E-state index contributed by atoms with van der Waals surface area (Å²) in [5.74, 6) is -0.825. The molecule has 1 aromatic heterocycles. The van der Waals surface area contributed by atoms with E-state index in [1.54, 1.807) is 6.92 Å². The Bertz CT molecular complexity index is 1000. The van der Waals surface area contributed by atoms with Crippen LogP contribution in [0.25, 0.3) is 10.2 Å². The standard InChI is InChI=1S/C17H15N5O4S/c1-10(19-17-20-12-4-2-3-5-15(12)27-17)16(24)21-18-9-11-6-7-14(23)13(8-11)22(25)26/h2-10,23H,1H3,(H,19,20)(H,21,24)/b18-9-/t10-/m1/s1. The fourth-order valence-electron chi connectivity index (χ4n) is 2.22. The van der Waals surface area contributed by atoms with Crippen LogP contribution in [0.15, 0.2) is 47.6 Å². The molecule has 0 aliphatic heterocycles. The summed E-state index contributed by atoms with van der Waals surface area (Å²) in [5.41, 5.74) is 3.15. The van der Waals surface area contributed by atoms with E-state index in [4.69, 9.17) is 0 Å². The zero-order chi connectivity index (χ0) is 19.4. The van der Waals surface area contributed by atoms with Crippen LogP contribution in [0.2, 0.25) is 0 Å².